The Balaban J connectivity index is 4.58. The first kappa shape index (κ1) is 91.9. The first-order valence-corrected chi connectivity index (χ1v) is 39.4. The number of esters is 3. The Kier molecular flexibility index (Phi) is 67.0. The second kappa shape index (κ2) is 70.8. The maximum absolute atomic E-state index is 12.9. The van der Waals surface area contributed by atoms with E-state index in [1.807, 2.05) is 12.2 Å². The molecule has 0 radical (unpaired) electrons. The molecule has 550 valence electrons. The molecule has 4 N–H and O–H groups in total. The molecule has 18 heteroatoms. The van der Waals surface area contributed by atoms with Crippen LogP contribution in [-0.2, 0) is 55.8 Å². The molecule has 0 amide bonds. The van der Waals surface area contributed by atoms with E-state index in [1.165, 1.54) is 32.1 Å². The quantitative estimate of drug-likeness (QED) is 0.0146. The summed E-state index contributed by atoms with van der Waals surface area (Å²) in [4.78, 5) is 58.4. The van der Waals surface area contributed by atoms with Crippen molar-refractivity contribution < 1.29 is 75.8 Å². The van der Waals surface area contributed by atoms with E-state index < -0.39 is 91.5 Å². The molecule has 5 atom stereocenters. The van der Waals surface area contributed by atoms with Gasteiger partial charge < -0.3 is 34.2 Å². The van der Waals surface area contributed by atoms with Crippen LogP contribution < -0.4 is 0 Å². The Labute approximate surface area is 586 Å². The van der Waals surface area contributed by atoms with Crippen molar-refractivity contribution in [1.82, 2.24) is 0 Å². The molecule has 0 aliphatic heterocycles. The number of unbranched alkanes of at least 4 members (excludes halogenated alkanes) is 16. The van der Waals surface area contributed by atoms with Crippen LogP contribution in [0.15, 0.2) is 170 Å². The van der Waals surface area contributed by atoms with Crippen molar-refractivity contribution in [1.29, 1.82) is 0 Å². The molecule has 0 fully saturated rings. The smallest absolute Gasteiger partial charge is 0.463 e. The summed E-state index contributed by atoms with van der Waals surface area (Å²) in [5.41, 5.74) is 0. The van der Waals surface area contributed by atoms with Crippen molar-refractivity contribution in [3.05, 3.63) is 170 Å². The average molecular weight is 1400 g/mol. The minimum Gasteiger partial charge on any atom is -0.463 e. The Morgan fingerprint density at radius 3 is 0.856 bits per heavy atom. The van der Waals surface area contributed by atoms with Crippen LogP contribution in [0.2, 0.25) is 0 Å². The van der Waals surface area contributed by atoms with E-state index in [9.17, 15) is 43.5 Å². The molecule has 0 aromatic carbocycles. The van der Waals surface area contributed by atoms with Crippen molar-refractivity contribution in [3.8, 4) is 0 Å². The van der Waals surface area contributed by atoms with Crippen LogP contribution in [0.5, 0.6) is 0 Å². The number of phosphoric acid groups is 2. The largest absolute Gasteiger partial charge is 0.472 e. The second-order valence-electron chi connectivity index (χ2n) is 23.6. The van der Waals surface area contributed by atoms with Crippen molar-refractivity contribution in [2.24, 2.45) is 0 Å². The van der Waals surface area contributed by atoms with E-state index in [1.54, 1.807) is 0 Å². The fourth-order valence-electron chi connectivity index (χ4n) is 8.98. The molecule has 0 aliphatic rings. The van der Waals surface area contributed by atoms with Gasteiger partial charge in [0, 0.05) is 19.3 Å². The van der Waals surface area contributed by atoms with E-state index in [4.69, 9.17) is 32.3 Å². The fraction of sp³-hybridized carbons (Fsp3) is 0.608. The summed E-state index contributed by atoms with van der Waals surface area (Å²) in [5, 5.41) is 20.6. The zero-order chi connectivity index (χ0) is 70.9. The van der Waals surface area contributed by atoms with Crippen LogP contribution in [0.1, 0.15) is 252 Å². The molecule has 5 unspecified atom stereocenters. The Morgan fingerprint density at radius 2 is 0.526 bits per heavy atom. The van der Waals surface area contributed by atoms with E-state index >= 15 is 0 Å². The molecule has 0 rings (SSSR count). The zero-order valence-corrected chi connectivity index (χ0v) is 61.5. The highest BCUT2D eigenvalue weighted by Crippen LogP contribution is 2.45. The molecular weight excluding hydrogens is 1270 g/mol. The SMILES string of the molecule is CC/C=C\C/C=C\C/C=C\C/C=C\C/C=C\C/C=C\CCCCCCCCCCCCC(=O)OCC(O)COP(=O)(O)OCC(O)COP(=O)(O)OCC(COC(=O)CCC/C=C\C/C=C\C/C=C\C/C=C\C/C=C\CC)OC(=O)CCCCCCC/C=C\C/C=C\C/C=C\CC. The summed E-state index contributed by atoms with van der Waals surface area (Å²) >= 11 is 0. The van der Waals surface area contributed by atoms with Crippen molar-refractivity contribution in [2.75, 3.05) is 39.6 Å². The predicted octanol–water partition coefficient (Wildman–Crippen LogP) is 20.9. The van der Waals surface area contributed by atoms with Gasteiger partial charge in [0.1, 0.15) is 25.4 Å². The minimum absolute atomic E-state index is 0.0670. The molecule has 0 aromatic heterocycles. The van der Waals surface area contributed by atoms with Crippen LogP contribution in [0, 0.1) is 0 Å². The van der Waals surface area contributed by atoms with Gasteiger partial charge in [-0.1, -0.05) is 262 Å². The Hall–Kier alpha value is -5.09. The van der Waals surface area contributed by atoms with Crippen molar-refractivity contribution >= 4 is 33.6 Å². The van der Waals surface area contributed by atoms with Gasteiger partial charge >= 0.3 is 33.6 Å². The van der Waals surface area contributed by atoms with Crippen LogP contribution in [-0.4, -0.2) is 95.9 Å². The Bertz CT molecular complexity index is 2440. The van der Waals surface area contributed by atoms with E-state index in [-0.39, 0.29) is 19.3 Å². The summed E-state index contributed by atoms with van der Waals surface area (Å²) < 4.78 is 60.9. The third kappa shape index (κ3) is 72.0. The number of carbonyl (C=O) groups excluding carboxylic acids is 3. The molecule has 0 saturated carbocycles. The van der Waals surface area contributed by atoms with Gasteiger partial charge in [-0.3, -0.25) is 32.5 Å². The van der Waals surface area contributed by atoms with E-state index in [0.29, 0.717) is 25.7 Å². The first-order chi connectivity index (χ1) is 47.2. The molecular formula is C79H128O16P2. The van der Waals surface area contributed by atoms with Crippen LogP contribution in [0.3, 0.4) is 0 Å². The lowest BCUT2D eigenvalue weighted by molar-refractivity contribution is -0.161. The monoisotopic (exact) mass is 1390 g/mol. The number of aliphatic hydroxyl groups is 2. The van der Waals surface area contributed by atoms with Gasteiger partial charge in [0.2, 0.25) is 0 Å². The van der Waals surface area contributed by atoms with Gasteiger partial charge in [0.05, 0.1) is 26.4 Å². The molecule has 16 nitrogen and oxygen atoms in total. The van der Waals surface area contributed by atoms with Gasteiger partial charge in [0.25, 0.3) is 0 Å². The van der Waals surface area contributed by atoms with Crippen LogP contribution >= 0.6 is 15.6 Å². The van der Waals surface area contributed by atoms with Gasteiger partial charge in [-0.25, -0.2) is 9.13 Å². The molecule has 0 heterocycles. The normalized spacial score (nSPS) is 15.1. The number of hydrogen-bond donors (Lipinski definition) is 4. The summed E-state index contributed by atoms with van der Waals surface area (Å²) in [6, 6.07) is 0. The highest BCUT2D eigenvalue weighted by molar-refractivity contribution is 7.47. The number of phosphoric ester groups is 2. The zero-order valence-electron chi connectivity index (χ0n) is 59.7. The lowest BCUT2D eigenvalue weighted by atomic mass is 10.1. The lowest BCUT2D eigenvalue weighted by Crippen LogP contribution is -2.30. The van der Waals surface area contributed by atoms with Crippen molar-refractivity contribution in [3.63, 3.8) is 0 Å². The number of aliphatic hydroxyl groups excluding tert-OH is 2. The third-order valence-electron chi connectivity index (χ3n) is 14.4. The number of allylic oxidation sites excluding steroid dienone is 28. The minimum atomic E-state index is -4.95. The number of rotatable bonds is 67. The summed E-state index contributed by atoms with van der Waals surface area (Å²) in [6.45, 7) is 2.21. The Morgan fingerprint density at radius 1 is 0.289 bits per heavy atom. The molecule has 0 spiro atoms. The highest BCUT2D eigenvalue weighted by Gasteiger charge is 2.29. The highest BCUT2D eigenvalue weighted by atomic mass is 31.2. The lowest BCUT2D eigenvalue weighted by Gasteiger charge is -2.21. The van der Waals surface area contributed by atoms with Crippen LogP contribution in [0.4, 0.5) is 0 Å². The van der Waals surface area contributed by atoms with Gasteiger partial charge in [-0.05, 0) is 141 Å². The first-order valence-electron chi connectivity index (χ1n) is 36.4. The molecule has 97 heavy (non-hydrogen) atoms. The van der Waals surface area contributed by atoms with Crippen LogP contribution in [0.25, 0.3) is 0 Å². The second-order valence-corrected chi connectivity index (χ2v) is 26.5. The van der Waals surface area contributed by atoms with E-state index in [0.717, 1.165) is 154 Å². The maximum Gasteiger partial charge on any atom is 0.472 e. The predicted molar refractivity (Wildman–Crippen MR) is 398 cm³/mol. The standard InChI is InChI=1S/C79H128O16P2/c1-4-7-10-13-16-19-22-25-28-30-31-32-33-34-35-36-37-38-39-40-41-43-46-47-50-53-56-59-62-65-77(82)89-68-74(80)69-91-96(85,86)92-70-75(81)71-93-97(87,88)94-73-76(95-79(84)67-64-61-58-55-52-49-44-27-24-21-18-15-12-9-6-3)72-90-78(83)66-63-60-57-54-51-48-45-42-29-26-23-20-17-14-11-8-5-2/h7-12,16-21,25-29,31-32,34-35,37-38,44-45,48,54,57,74-76,80-81H,4-6,13-15,22-24,30,33,36,39-43,46-47,49-53,55-56,58-73H2,1-3H3,(H,85,86)(H,87,88)/b10-7-,11-8-,12-9-,19-16-,20-17-,21-18-,28-25-,29-26-,32-31-,35-34-,38-37-,44-27-,48-45-,57-54-. The van der Waals surface area contributed by atoms with Gasteiger partial charge in [-0.2, -0.15) is 0 Å². The van der Waals surface area contributed by atoms with Gasteiger partial charge in [0.15, 0.2) is 6.10 Å². The number of ether oxygens (including phenoxy) is 3. The third-order valence-corrected chi connectivity index (χ3v) is 16.3. The topological polar surface area (TPSA) is 231 Å². The maximum atomic E-state index is 12.9. The van der Waals surface area contributed by atoms with Gasteiger partial charge in [-0.15, -0.1) is 0 Å². The molecule has 0 aromatic rings. The number of hydrogen-bond acceptors (Lipinski definition) is 14. The molecule has 0 bridgehead atoms. The summed E-state index contributed by atoms with van der Waals surface area (Å²) in [7, 11) is -9.82. The average Bonchev–Trinajstić information content (AvgIpc) is 1.48. The summed E-state index contributed by atoms with van der Waals surface area (Å²) in [6.07, 6.45) is 88.5. The number of carbonyl (C=O) groups is 3. The fourth-order valence-corrected chi connectivity index (χ4v) is 10.6. The summed E-state index contributed by atoms with van der Waals surface area (Å²) in [5.74, 6) is -1.68. The molecule has 0 aliphatic carbocycles. The van der Waals surface area contributed by atoms with Crippen molar-refractivity contribution in [2.45, 2.75) is 270 Å². The van der Waals surface area contributed by atoms with E-state index in [2.05, 4.69) is 179 Å². The molecule has 0 saturated heterocycles.